The molecule has 2 rings (SSSR count). The standard InChI is InChI=1S/C13H19N3O/c1-2-6-15-13(17)9-16-7-5-10-8-11(14)3-4-12(10)16/h3-4,8H,2,5-7,9,14H2,1H3,(H,15,17). The Kier molecular flexibility index (Phi) is 3.52. The van der Waals surface area contributed by atoms with Gasteiger partial charge in [-0.2, -0.15) is 0 Å². The topological polar surface area (TPSA) is 58.4 Å². The second-order valence-corrected chi connectivity index (χ2v) is 4.41. The van der Waals surface area contributed by atoms with E-state index >= 15 is 0 Å². The van der Waals surface area contributed by atoms with E-state index in [1.54, 1.807) is 0 Å². The summed E-state index contributed by atoms with van der Waals surface area (Å²) in [6.07, 6.45) is 1.94. The highest BCUT2D eigenvalue weighted by Crippen LogP contribution is 2.29. The third kappa shape index (κ3) is 2.70. The summed E-state index contributed by atoms with van der Waals surface area (Å²) in [5.41, 5.74) is 8.93. The smallest absolute Gasteiger partial charge is 0.239 e. The SMILES string of the molecule is CCCNC(=O)CN1CCc2cc(N)ccc21. The number of rotatable bonds is 4. The molecule has 0 bridgehead atoms. The highest BCUT2D eigenvalue weighted by Gasteiger charge is 2.20. The van der Waals surface area contributed by atoms with Gasteiger partial charge in [0.25, 0.3) is 0 Å². The molecule has 1 aliphatic heterocycles. The molecule has 0 aliphatic carbocycles. The van der Waals surface area contributed by atoms with Crippen LogP contribution in [-0.4, -0.2) is 25.5 Å². The first kappa shape index (κ1) is 11.8. The van der Waals surface area contributed by atoms with Crippen LogP contribution in [0.3, 0.4) is 0 Å². The maximum Gasteiger partial charge on any atom is 0.239 e. The molecular weight excluding hydrogens is 214 g/mol. The lowest BCUT2D eigenvalue weighted by Gasteiger charge is -2.18. The Hall–Kier alpha value is -1.71. The van der Waals surface area contributed by atoms with Crippen LogP contribution in [0.1, 0.15) is 18.9 Å². The predicted octanol–water partition coefficient (Wildman–Crippen LogP) is 1.16. The molecule has 0 aromatic heterocycles. The van der Waals surface area contributed by atoms with Crippen molar-refractivity contribution in [2.75, 3.05) is 30.3 Å². The van der Waals surface area contributed by atoms with Crippen LogP contribution >= 0.6 is 0 Å². The molecule has 0 spiro atoms. The van der Waals surface area contributed by atoms with Crippen molar-refractivity contribution in [1.29, 1.82) is 0 Å². The zero-order valence-electron chi connectivity index (χ0n) is 10.2. The number of nitrogen functional groups attached to an aromatic ring is 1. The van der Waals surface area contributed by atoms with Crippen molar-refractivity contribution in [1.82, 2.24) is 5.32 Å². The van der Waals surface area contributed by atoms with Crippen molar-refractivity contribution in [2.45, 2.75) is 19.8 Å². The van der Waals surface area contributed by atoms with Gasteiger partial charge in [-0.1, -0.05) is 6.92 Å². The summed E-state index contributed by atoms with van der Waals surface area (Å²) in [5.74, 6) is 0.0940. The lowest BCUT2D eigenvalue weighted by atomic mass is 10.1. The van der Waals surface area contributed by atoms with E-state index in [4.69, 9.17) is 5.73 Å². The van der Waals surface area contributed by atoms with Gasteiger partial charge in [0.1, 0.15) is 0 Å². The summed E-state index contributed by atoms with van der Waals surface area (Å²) in [4.78, 5) is 13.8. The Morgan fingerprint density at radius 3 is 3.12 bits per heavy atom. The molecule has 3 N–H and O–H groups in total. The van der Waals surface area contributed by atoms with Gasteiger partial charge < -0.3 is 16.0 Å². The number of nitrogens with zero attached hydrogens (tertiary/aromatic N) is 1. The Bertz CT molecular complexity index is 417. The Morgan fingerprint density at radius 1 is 1.53 bits per heavy atom. The minimum Gasteiger partial charge on any atom is -0.399 e. The molecule has 1 aromatic rings. The molecule has 92 valence electrons. The quantitative estimate of drug-likeness (QED) is 0.767. The van der Waals surface area contributed by atoms with Crippen molar-refractivity contribution in [3.8, 4) is 0 Å². The average molecular weight is 233 g/mol. The second kappa shape index (κ2) is 5.08. The van der Waals surface area contributed by atoms with Crippen LogP contribution < -0.4 is 16.0 Å². The molecule has 1 aliphatic rings. The molecule has 0 radical (unpaired) electrons. The van der Waals surface area contributed by atoms with Crippen molar-refractivity contribution >= 4 is 17.3 Å². The van der Waals surface area contributed by atoms with Gasteiger partial charge in [-0.25, -0.2) is 0 Å². The normalized spacial score (nSPS) is 13.6. The van der Waals surface area contributed by atoms with Gasteiger partial charge in [-0.3, -0.25) is 4.79 Å². The van der Waals surface area contributed by atoms with Gasteiger partial charge in [0.15, 0.2) is 0 Å². The van der Waals surface area contributed by atoms with E-state index in [0.717, 1.165) is 37.3 Å². The van der Waals surface area contributed by atoms with Crippen molar-refractivity contribution < 1.29 is 4.79 Å². The van der Waals surface area contributed by atoms with Crippen molar-refractivity contribution in [2.24, 2.45) is 0 Å². The van der Waals surface area contributed by atoms with Gasteiger partial charge >= 0.3 is 0 Å². The number of anilines is 2. The van der Waals surface area contributed by atoms with Gasteiger partial charge in [0, 0.05) is 24.5 Å². The van der Waals surface area contributed by atoms with E-state index in [2.05, 4.69) is 10.2 Å². The van der Waals surface area contributed by atoms with Crippen molar-refractivity contribution in [3.63, 3.8) is 0 Å². The lowest BCUT2D eigenvalue weighted by Crippen LogP contribution is -2.36. The third-order valence-electron chi connectivity index (χ3n) is 3.00. The van der Waals surface area contributed by atoms with E-state index in [9.17, 15) is 4.79 Å². The summed E-state index contributed by atoms with van der Waals surface area (Å²) < 4.78 is 0. The molecule has 17 heavy (non-hydrogen) atoms. The van der Waals surface area contributed by atoms with Crippen LogP contribution in [0.15, 0.2) is 18.2 Å². The zero-order valence-corrected chi connectivity index (χ0v) is 10.2. The first-order chi connectivity index (χ1) is 8.20. The predicted molar refractivity (Wildman–Crippen MR) is 70.1 cm³/mol. The monoisotopic (exact) mass is 233 g/mol. The van der Waals surface area contributed by atoms with Crippen LogP contribution in [0.2, 0.25) is 0 Å². The Morgan fingerprint density at radius 2 is 2.35 bits per heavy atom. The van der Waals surface area contributed by atoms with E-state index in [0.29, 0.717) is 6.54 Å². The summed E-state index contributed by atoms with van der Waals surface area (Å²) in [5, 5.41) is 2.90. The number of nitrogens with two attached hydrogens (primary N) is 1. The zero-order chi connectivity index (χ0) is 12.3. The number of nitrogens with one attached hydrogen (secondary N) is 1. The second-order valence-electron chi connectivity index (χ2n) is 4.41. The highest BCUT2D eigenvalue weighted by molar-refractivity contribution is 5.82. The van der Waals surface area contributed by atoms with E-state index in [-0.39, 0.29) is 5.91 Å². The summed E-state index contributed by atoms with van der Waals surface area (Å²) in [6.45, 7) is 4.14. The fourth-order valence-electron chi connectivity index (χ4n) is 2.15. The fraction of sp³-hybridized carbons (Fsp3) is 0.462. The van der Waals surface area contributed by atoms with Gasteiger partial charge in [0.2, 0.25) is 5.91 Å². The molecule has 0 saturated heterocycles. The number of benzene rings is 1. The molecular formula is C13H19N3O. The van der Waals surface area contributed by atoms with Crippen LogP contribution in [0.4, 0.5) is 11.4 Å². The Balaban J connectivity index is 2.00. The highest BCUT2D eigenvalue weighted by atomic mass is 16.2. The van der Waals surface area contributed by atoms with Crippen molar-refractivity contribution in [3.05, 3.63) is 23.8 Å². The largest absolute Gasteiger partial charge is 0.399 e. The minimum atomic E-state index is 0.0940. The molecule has 1 aromatic carbocycles. The minimum absolute atomic E-state index is 0.0940. The maximum atomic E-state index is 11.7. The maximum absolute atomic E-state index is 11.7. The average Bonchev–Trinajstić information content (AvgIpc) is 2.69. The number of fused-ring (bicyclic) bond motifs is 1. The van der Waals surface area contributed by atoms with Gasteiger partial charge in [0.05, 0.1) is 6.54 Å². The van der Waals surface area contributed by atoms with E-state index < -0.39 is 0 Å². The van der Waals surface area contributed by atoms with Gasteiger partial charge in [-0.05, 0) is 36.6 Å². The van der Waals surface area contributed by atoms with Crippen LogP contribution in [0, 0.1) is 0 Å². The molecule has 1 heterocycles. The molecule has 0 unspecified atom stereocenters. The number of hydrogen-bond donors (Lipinski definition) is 2. The summed E-state index contributed by atoms with van der Waals surface area (Å²) in [6, 6.07) is 5.89. The number of carbonyl (C=O) groups is 1. The third-order valence-corrected chi connectivity index (χ3v) is 3.00. The summed E-state index contributed by atoms with van der Waals surface area (Å²) >= 11 is 0. The lowest BCUT2D eigenvalue weighted by molar-refractivity contribution is -0.119. The molecule has 4 heteroatoms. The van der Waals surface area contributed by atoms with E-state index in [1.165, 1.54) is 5.56 Å². The summed E-state index contributed by atoms with van der Waals surface area (Å²) in [7, 11) is 0. The first-order valence-corrected chi connectivity index (χ1v) is 6.10. The van der Waals surface area contributed by atoms with Gasteiger partial charge in [-0.15, -0.1) is 0 Å². The molecule has 1 amide bonds. The number of amides is 1. The fourth-order valence-corrected chi connectivity index (χ4v) is 2.15. The molecule has 4 nitrogen and oxygen atoms in total. The molecule has 0 saturated carbocycles. The first-order valence-electron chi connectivity index (χ1n) is 6.10. The molecule has 0 fully saturated rings. The molecule has 0 atom stereocenters. The van der Waals surface area contributed by atoms with Crippen LogP contribution in [0.25, 0.3) is 0 Å². The van der Waals surface area contributed by atoms with E-state index in [1.807, 2.05) is 25.1 Å². The number of hydrogen-bond acceptors (Lipinski definition) is 3. The van der Waals surface area contributed by atoms with Crippen LogP contribution in [0.5, 0.6) is 0 Å². The van der Waals surface area contributed by atoms with Crippen LogP contribution in [-0.2, 0) is 11.2 Å². The number of carbonyl (C=O) groups excluding carboxylic acids is 1. The Labute approximate surface area is 102 Å².